The summed E-state index contributed by atoms with van der Waals surface area (Å²) in [6.07, 6.45) is 0. The van der Waals surface area contributed by atoms with Gasteiger partial charge in [-0.15, -0.1) is 0 Å². The Morgan fingerprint density at radius 1 is 1.40 bits per heavy atom. The van der Waals surface area contributed by atoms with Gasteiger partial charge in [0.25, 0.3) is 0 Å². The molecule has 0 aromatic heterocycles. The normalized spacial score (nSPS) is 12.5. The maximum atomic E-state index is 13.5. The van der Waals surface area contributed by atoms with Crippen LogP contribution < -0.4 is 4.90 Å². The molecular weight excluding hydrogens is 257 g/mol. The van der Waals surface area contributed by atoms with Gasteiger partial charge in [0.1, 0.15) is 5.82 Å². The van der Waals surface area contributed by atoms with Gasteiger partial charge in [-0.25, -0.2) is 4.39 Å². The zero-order valence-corrected chi connectivity index (χ0v) is 10.8. The van der Waals surface area contributed by atoms with E-state index in [4.69, 9.17) is 0 Å². The van der Waals surface area contributed by atoms with Crippen molar-refractivity contribution in [3.8, 4) is 0 Å². The fourth-order valence-corrected chi connectivity index (χ4v) is 1.74. The third-order valence-corrected chi connectivity index (χ3v) is 3.48. The highest BCUT2D eigenvalue weighted by Crippen LogP contribution is 2.19. The van der Waals surface area contributed by atoms with Gasteiger partial charge in [-0.2, -0.15) is 0 Å². The van der Waals surface area contributed by atoms with Gasteiger partial charge < -0.3 is 4.90 Å². The van der Waals surface area contributed by atoms with E-state index in [0.29, 0.717) is 11.6 Å². The lowest BCUT2D eigenvalue weighted by Gasteiger charge is -2.26. The number of alkyl halides is 1. The first-order valence-corrected chi connectivity index (χ1v) is 6.36. The summed E-state index contributed by atoms with van der Waals surface area (Å²) in [4.78, 5) is 2.07. The van der Waals surface area contributed by atoms with Crippen LogP contribution in [0.2, 0.25) is 0 Å². The zero-order valence-electron chi connectivity index (χ0n) is 9.21. The third kappa shape index (κ3) is 3.49. The molecule has 1 unspecified atom stereocenters. The predicted octanol–water partition coefficient (Wildman–Crippen LogP) is 3.68. The average Bonchev–Trinajstić information content (AvgIpc) is 2.26. The molecule has 0 saturated carbocycles. The predicted molar refractivity (Wildman–Crippen MR) is 67.2 cm³/mol. The highest BCUT2D eigenvalue weighted by atomic mass is 79.9. The maximum absolute atomic E-state index is 13.5. The van der Waals surface area contributed by atoms with Crippen molar-refractivity contribution in [3.63, 3.8) is 0 Å². The maximum Gasteiger partial charge on any atom is 0.146 e. The molecule has 84 valence electrons. The van der Waals surface area contributed by atoms with Crippen LogP contribution >= 0.6 is 15.9 Å². The van der Waals surface area contributed by atoms with E-state index in [1.54, 1.807) is 6.07 Å². The Labute approximate surface area is 99.4 Å². The largest absolute Gasteiger partial charge is 0.369 e. The lowest BCUT2D eigenvalue weighted by atomic mass is 10.2. The molecule has 1 aromatic rings. The first kappa shape index (κ1) is 12.5. The van der Waals surface area contributed by atoms with E-state index in [0.717, 1.165) is 18.4 Å². The monoisotopic (exact) mass is 273 g/mol. The van der Waals surface area contributed by atoms with Crippen molar-refractivity contribution in [3.05, 3.63) is 30.1 Å². The van der Waals surface area contributed by atoms with Crippen LogP contribution in [0.15, 0.2) is 24.3 Å². The van der Waals surface area contributed by atoms with Gasteiger partial charge in [-0.05, 0) is 25.0 Å². The number of rotatable bonds is 5. The van der Waals surface area contributed by atoms with Crippen LogP contribution in [-0.2, 0) is 0 Å². The number of para-hydroxylation sites is 1. The lowest BCUT2D eigenvalue weighted by molar-refractivity contribution is 0.592. The Morgan fingerprint density at radius 3 is 2.60 bits per heavy atom. The average molecular weight is 274 g/mol. The Morgan fingerprint density at radius 2 is 2.07 bits per heavy atom. The first-order valence-electron chi connectivity index (χ1n) is 5.24. The smallest absolute Gasteiger partial charge is 0.146 e. The second-order valence-electron chi connectivity index (χ2n) is 3.75. The van der Waals surface area contributed by atoms with Crippen molar-refractivity contribution in [2.45, 2.75) is 13.8 Å². The van der Waals surface area contributed by atoms with E-state index in [2.05, 4.69) is 27.8 Å². The van der Waals surface area contributed by atoms with Crippen LogP contribution in [0, 0.1) is 11.7 Å². The van der Waals surface area contributed by atoms with E-state index >= 15 is 0 Å². The van der Waals surface area contributed by atoms with E-state index in [1.165, 1.54) is 6.07 Å². The van der Waals surface area contributed by atoms with Crippen LogP contribution in [0.4, 0.5) is 10.1 Å². The fraction of sp³-hybridized carbons (Fsp3) is 0.500. The molecule has 3 heteroatoms. The summed E-state index contributed by atoms with van der Waals surface area (Å²) in [6.45, 7) is 5.91. The number of hydrogen-bond donors (Lipinski definition) is 0. The number of anilines is 1. The molecule has 1 rings (SSSR count). The fourth-order valence-electron chi connectivity index (χ4n) is 1.53. The number of nitrogens with zero attached hydrogens (tertiary/aromatic N) is 1. The molecule has 0 aliphatic carbocycles. The molecule has 1 atom stereocenters. The van der Waals surface area contributed by atoms with Crippen molar-refractivity contribution in [1.29, 1.82) is 0 Å². The molecule has 15 heavy (non-hydrogen) atoms. The van der Waals surface area contributed by atoms with E-state index in [-0.39, 0.29) is 5.82 Å². The minimum atomic E-state index is -0.138. The van der Waals surface area contributed by atoms with Gasteiger partial charge in [0, 0.05) is 18.4 Å². The first-order chi connectivity index (χ1) is 7.19. The van der Waals surface area contributed by atoms with Crippen LogP contribution in [0.25, 0.3) is 0 Å². The van der Waals surface area contributed by atoms with Crippen LogP contribution in [0.3, 0.4) is 0 Å². The molecule has 0 radical (unpaired) electrons. The summed E-state index contributed by atoms with van der Waals surface area (Å²) < 4.78 is 13.5. The molecule has 0 amide bonds. The second-order valence-corrected chi connectivity index (χ2v) is 4.40. The molecule has 0 saturated heterocycles. The molecule has 0 fully saturated rings. The molecule has 0 N–H and O–H groups in total. The SMILES string of the molecule is CCN(CC(C)CBr)c1ccccc1F. The number of hydrogen-bond acceptors (Lipinski definition) is 1. The van der Waals surface area contributed by atoms with Crippen molar-refractivity contribution in [2.75, 3.05) is 23.3 Å². The summed E-state index contributed by atoms with van der Waals surface area (Å²) in [5, 5.41) is 0.942. The molecule has 0 aliphatic heterocycles. The third-order valence-electron chi connectivity index (χ3n) is 2.37. The molecular formula is C12H17BrFN. The Kier molecular flexibility index (Phi) is 5.09. The van der Waals surface area contributed by atoms with Gasteiger partial charge in [-0.1, -0.05) is 35.0 Å². The van der Waals surface area contributed by atoms with Crippen molar-refractivity contribution >= 4 is 21.6 Å². The van der Waals surface area contributed by atoms with E-state index in [1.807, 2.05) is 19.1 Å². The second kappa shape index (κ2) is 6.11. The summed E-state index contributed by atoms with van der Waals surface area (Å²) in [7, 11) is 0. The quantitative estimate of drug-likeness (QED) is 0.740. The minimum Gasteiger partial charge on any atom is -0.369 e. The van der Waals surface area contributed by atoms with Crippen LogP contribution in [0.1, 0.15) is 13.8 Å². The highest BCUT2D eigenvalue weighted by molar-refractivity contribution is 9.09. The minimum absolute atomic E-state index is 0.138. The Hall–Kier alpha value is -0.570. The lowest BCUT2D eigenvalue weighted by Crippen LogP contribution is -2.29. The van der Waals surface area contributed by atoms with Crippen LogP contribution in [0.5, 0.6) is 0 Å². The summed E-state index contributed by atoms with van der Waals surface area (Å²) >= 11 is 3.44. The van der Waals surface area contributed by atoms with Gasteiger partial charge >= 0.3 is 0 Å². The number of benzene rings is 1. The molecule has 0 aliphatic rings. The highest BCUT2D eigenvalue weighted by Gasteiger charge is 2.11. The summed E-state index contributed by atoms with van der Waals surface area (Å²) in [5.41, 5.74) is 0.702. The van der Waals surface area contributed by atoms with Gasteiger partial charge in [0.15, 0.2) is 0 Å². The summed E-state index contributed by atoms with van der Waals surface area (Å²) in [6, 6.07) is 6.94. The zero-order chi connectivity index (χ0) is 11.3. The molecule has 0 heterocycles. The van der Waals surface area contributed by atoms with Gasteiger partial charge in [0.2, 0.25) is 0 Å². The standard InChI is InChI=1S/C12H17BrFN/c1-3-15(9-10(2)8-13)12-7-5-4-6-11(12)14/h4-7,10H,3,8-9H2,1-2H3. The Balaban J connectivity index is 2.78. The van der Waals surface area contributed by atoms with E-state index in [9.17, 15) is 4.39 Å². The van der Waals surface area contributed by atoms with Gasteiger partial charge in [0.05, 0.1) is 5.69 Å². The molecule has 0 spiro atoms. The van der Waals surface area contributed by atoms with Crippen LogP contribution in [-0.4, -0.2) is 18.4 Å². The summed E-state index contributed by atoms with van der Waals surface area (Å²) in [5.74, 6) is 0.380. The van der Waals surface area contributed by atoms with Crippen molar-refractivity contribution < 1.29 is 4.39 Å². The topological polar surface area (TPSA) is 3.24 Å². The van der Waals surface area contributed by atoms with Gasteiger partial charge in [-0.3, -0.25) is 0 Å². The number of halogens is 2. The van der Waals surface area contributed by atoms with Crippen molar-refractivity contribution in [1.82, 2.24) is 0 Å². The van der Waals surface area contributed by atoms with E-state index < -0.39 is 0 Å². The Bertz CT molecular complexity index is 303. The molecule has 0 bridgehead atoms. The molecule has 1 nitrogen and oxygen atoms in total. The van der Waals surface area contributed by atoms with Crippen molar-refractivity contribution in [2.24, 2.45) is 5.92 Å². The molecule has 1 aromatic carbocycles.